The number of carbonyl (C=O) groups excluding carboxylic acids is 2. The van der Waals surface area contributed by atoms with Crippen LogP contribution < -0.4 is 0 Å². The van der Waals surface area contributed by atoms with Crippen LogP contribution in [0.15, 0.2) is 0 Å². The van der Waals surface area contributed by atoms with Crippen molar-refractivity contribution >= 4 is 11.9 Å². The molecule has 2 unspecified atom stereocenters. The molecule has 2 atom stereocenters. The maximum atomic E-state index is 12.5. The summed E-state index contributed by atoms with van der Waals surface area (Å²) in [6, 6.07) is 0. The van der Waals surface area contributed by atoms with Crippen LogP contribution in [0.25, 0.3) is 0 Å². The Bertz CT molecular complexity index is 476. The predicted octanol–water partition coefficient (Wildman–Crippen LogP) is 8.55. The van der Waals surface area contributed by atoms with Gasteiger partial charge in [-0.2, -0.15) is 0 Å². The summed E-state index contributed by atoms with van der Waals surface area (Å²) >= 11 is 0. The van der Waals surface area contributed by atoms with Gasteiger partial charge in [0.2, 0.25) is 0 Å². The minimum Gasteiger partial charge on any atom is -0.465 e. The van der Waals surface area contributed by atoms with E-state index in [0.717, 1.165) is 44.9 Å². The van der Waals surface area contributed by atoms with Crippen LogP contribution in [0.4, 0.5) is 0 Å². The first-order chi connectivity index (χ1) is 16.2. The molecule has 0 saturated heterocycles. The van der Waals surface area contributed by atoms with Crippen LogP contribution in [0.5, 0.6) is 0 Å². The molecular weight excluding hydrogens is 412 g/mol. The van der Waals surface area contributed by atoms with Crippen LogP contribution >= 0.6 is 0 Å². The summed E-state index contributed by atoms with van der Waals surface area (Å²) in [6.07, 6.45) is 24.5. The van der Waals surface area contributed by atoms with Crippen molar-refractivity contribution in [2.75, 3.05) is 13.2 Å². The fourth-order valence-electron chi connectivity index (χ4n) is 4.85. The molecule has 33 heavy (non-hydrogen) atoms. The zero-order valence-corrected chi connectivity index (χ0v) is 22.1. The largest absolute Gasteiger partial charge is 0.465 e. The van der Waals surface area contributed by atoms with Crippen molar-refractivity contribution in [3.05, 3.63) is 0 Å². The van der Waals surface area contributed by atoms with E-state index in [9.17, 15) is 9.59 Å². The van der Waals surface area contributed by atoms with Crippen molar-refractivity contribution in [3.8, 4) is 0 Å². The van der Waals surface area contributed by atoms with Crippen molar-refractivity contribution in [1.29, 1.82) is 0 Å². The van der Waals surface area contributed by atoms with Gasteiger partial charge in [0.1, 0.15) is 0 Å². The minimum absolute atomic E-state index is 0.101. The van der Waals surface area contributed by atoms with Gasteiger partial charge in [0.05, 0.1) is 25.0 Å². The third kappa shape index (κ3) is 16.2. The highest BCUT2D eigenvalue weighted by Gasteiger charge is 2.32. The minimum atomic E-state index is -0.127. The second kappa shape index (κ2) is 21.5. The number of carbonyl (C=O) groups is 2. The van der Waals surface area contributed by atoms with Crippen molar-refractivity contribution in [1.82, 2.24) is 0 Å². The average molecular weight is 467 g/mol. The molecule has 4 heteroatoms. The Morgan fingerprint density at radius 1 is 0.545 bits per heavy atom. The molecule has 0 amide bonds. The Kier molecular flexibility index (Phi) is 19.5. The first-order valence-corrected chi connectivity index (χ1v) is 14.5. The molecule has 0 aromatic carbocycles. The van der Waals surface area contributed by atoms with E-state index in [-0.39, 0.29) is 23.8 Å². The van der Waals surface area contributed by atoms with E-state index >= 15 is 0 Å². The van der Waals surface area contributed by atoms with E-state index < -0.39 is 0 Å². The molecule has 1 aliphatic carbocycles. The molecule has 1 rings (SSSR count). The molecule has 0 radical (unpaired) electrons. The quantitative estimate of drug-likeness (QED) is 0.126. The molecule has 0 N–H and O–H groups in total. The lowest BCUT2D eigenvalue weighted by Gasteiger charge is -2.26. The summed E-state index contributed by atoms with van der Waals surface area (Å²) in [5.74, 6) is -0.458. The van der Waals surface area contributed by atoms with E-state index in [2.05, 4.69) is 13.8 Å². The van der Waals surface area contributed by atoms with Crippen LogP contribution in [0.1, 0.15) is 149 Å². The van der Waals surface area contributed by atoms with Gasteiger partial charge in [0.25, 0.3) is 0 Å². The Morgan fingerprint density at radius 2 is 0.879 bits per heavy atom. The van der Waals surface area contributed by atoms with Gasteiger partial charge >= 0.3 is 11.9 Å². The van der Waals surface area contributed by atoms with E-state index in [0.29, 0.717) is 19.6 Å². The van der Waals surface area contributed by atoms with Crippen molar-refractivity contribution < 1.29 is 19.1 Å². The maximum absolute atomic E-state index is 12.5. The third-order valence-corrected chi connectivity index (χ3v) is 7.08. The summed E-state index contributed by atoms with van der Waals surface area (Å²) in [5.41, 5.74) is 0. The molecule has 0 spiro atoms. The number of ether oxygens (including phenoxy) is 2. The van der Waals surface area contributed by atoms with Gasteiger partial charge in [-0.05, 0) is 32.1 Å². The SMILES string of the molecule is CCCCCCCCCCCCOC(=O)C1CCCC(C(=O)OCCCCCCCCC)C1. The monoisotopic (exact) mass is 466 g/mol. The second-order valence-corrected chi connectivity index (χ2v) is 10.2. The maximum Gasteiger partial charge on any atom is 0.308 e. The van der Waals surface area contributed by atoms with Crippen LogP contribution in [0.2, 0.25) is 0 Å². The zero-order valence-electron chi connectivity index (χ0n) is 22.1. The smallest absolute Gasteiger partial charge is 0.308 e. The van der Waals surface area contributed by atoms with Crippen molar-refractivity contribution in [2.45, 2.75) is 149 Å². The van der Waals surface area contributed by atoms with Gasteiger partial charge in [0, 0.05) is 0 Å². The third-order valence-electron chi connectivity index (χ3n) is 7.08. The molecule has 1 aliphatic rings. The number of hydrogen-bond acceptors (Lipinski definition) is 4. The Hall–Kier alpha value is -1.06. The lowest BCUT2D eigenvalue weighted by Crippen LogP contribution is -2.30. The topological polar surface area (TPSA) is 52.6 Å². The summed E-state index contributed by atoms with van der Waals surface area (Å²) in [4.78, 5) is 24.9. The highest BCUT2D eigenvalue weighted by Crippen LogP contribution is 2.31. The average Bonchev–Trinajstić information content (AvgIpc) is 2.84. The van der Waals surface area contributed by atoms with Gasteiger partial charge in [0.15, 0.2) is 0 Å². The van der Waals surface area contributed by atoms with Crippen LogP contribution in [-0.4, -0.2) is 25.2 Å². The van der Waals surface area contributed by atoms with Crippen molar-refractivity contribution in [2.24, 2.45) is 11.8 Å². The van der Waals surface area contributed by atoms with Gasteiger partial charge in [-0.25, -0.2) is 0 Å². The normalized spacial score (nSPS) is 18.2. The standard InChI is InChI=1S/C29H54O4/c1-3-5-7-9-11-12-13-15-17-19-24-33-29(31)27-22-20-21-26(25-27)28(30)32-23-18-16-14-10-8-6-4-2/h26-27H,3-25H2,1-2H3. The first-order valence-electron chi connectivity index (χ1n) is 14.5. The predicted molar refractivity (Wildman–Crippen MR) is 137 cm³/mol. The Morgan fingerprint density at radius 3 is 1.24 bits per heavy atom. The van der Waals surface area contributed by atoms with Gasteiger partial charge < -0.3 is 9.47 Å². The molecular formula is C29H54O4. The van der Waals surface area contributed by atoms with Gasteiger partial charge in [-0.15, -0.1) is 0 Å². The Balaban J connectivity index is 2.03. The van der Waals surface area contributed by atoms with Gasteiger partial charge in [-0.1, -0.05) is 117 Å². The summed E-state index contributed by atoms with van der Waals surface area (Å²) < 4.78 is 11.1. The fourth-order valence-corrected chi connectivity index (χ4v) is 4.85. The zero-order chi connectivity index (χ0) is 24.0. The van der Waals surface area contributed by atoms with Crippen molar-refractivity contribution in [3.63, 3.8) is 0 Å². The molecule has 0 bridgehead atoms. The Labute approximate surface area is 205 Å². The summed E-state index contributed by atoms with van der Waals surface area (Å²) in [5, 5.41) is 0. The van der Waals surface area contributed by atoms with E-state index in [4.69, 9.17) is 9.47 Å². The van der Waals surface area contributed by atoms with Gasteiger partial charge in [-0.3, -0.25) is 9.59 Å². The number of esters is 2. The van der Waals surface area contributed by atoms with Crippen LogP contribution in [0, 0.1) is 11.8 Å². The van der Waals surface area contributed by atoms with E-state index in [1.807, 2.05) is 0 Å². The number of hydrogen-bond donors (Lipinski definition) is 0. The molecule has 194 valence electrons. The second-order valence-electron chi connectivity index (χ2n) is 10.2. The van der Waals surface area contributed by atoms with Crippen LogP contribution in [-0.2, 0) is 19.1 Å². The molecule has 1 saturated carbocycles. The molecule has 0 aromatic heterocycles. The number of rotatable bonds is 21. The molecule has 0 aliphatic heterocycles. The lowest BCUT2D eigenvalue weighted by molar-refractivity contribution is -0.155. The highest BCUT2D eigenvalue weighted by molar-refractivity contribution is 5.76. The van der Waals surface area contributed by atoms with E-state index in [1.165, 1.54) is 83.5 Å². The highest BCUT2D eigenvalue weighted by atomic mass is 16.5. The summed E-state index contributed by atoms with van der Waals surface area (Å²) in [7, 11) is 0. The summed E-state index contributed by atoms with van der Waals surface area (Å²) in [6.45, 7) is 5.54. The van der Waals surface area contributed by atoms with E-state index in [1.54, 1.807) is 0 Å². The fraction of sp³-hybridized carbons (Fsp3) is 0.931. The van der Waals surface area contributed by atoms with Crippen LogP contribution in [0.3, 0.4) is 0 Å². The molecule has 0 heterocycles. The molecule has 4 nitrogen and oxygen atoms in total. The molecule has 0 aromatic rings. The molecule has 1 fully saturated rings. The number of unbranched alkanes of at least 4 members (excludes halogenated alkanes) is 15. The first kappa shape index (κ1) is 30.0. The lowest BCUT2D eigenvalue weighted by atomic mass is 9.81.